The summed E-state index contributed by atoms with van der Waals surface area (Å²) in [7, 11) is -4.47. The van der Waals surface area contributed by atoms with Gasteiger partial charge in [0.1, 0.15) is 5.60 Å². The predicted octanol–water partition coefficient (Wildman–Crippen LogP) is 3.99. The molecule has 4 aliphatic rings. The maximum atomic E-state index is 12.5. The highest BCUT2D eigenvalue weighted by Gasteiger charge is 2.67. The molecule has 3 fully saturated rings. The van der Waals surface area contributed by atoms with Gasteiger partial charge in [-0.05, 0) is 81.0 Å². The molecule has 0 amide bonds. The lowest BCUT2D eigenvalue weighted by Crippen LogP contribution is -2.58. The van der Waals surface area contributed by atoms with Gasteiger partial charge in [-0.25, -0.2) is 4.57 Å². The molecule has 0 aromatic rings. The van der Waals surface area contributed by atoms with Gasteiger partial charge in [-0.15, -0.1) is 0 Å². The summed E-state index contributed by atoms with van der Waals surface area (Å²) in [5, 5.41) is 11.5. The third-order valence-electron chi connectivity index (χ3n) is 9.46. The van der Waals surface area contributed by atoms with E-state index < -0.39 is 19.5 Å². The van der Waals surface area contributed by atoms with Gasteiger partial charge in [0.2, 0.25) is 0 Å². The van der Waals surface area contributed by atoms with E-state index >= 15 is 0 Å². The van der Waals surface area contributed by atoms with Crippen LogP contribution in [0.5, 0.6) is 0 Å². The monoisotopic (exact) mass is 426 g/mol. The molecule has 0 aromatic heterocycles. The molecule has 0 aliphatic heterocycles. The van der Waals surface area contributed by atoms with Crippen molar-refractivity contribution in [1.82, 2.24) is 0 Å². The molecule has 0 saturated heterocycles. The van der Waals surface area contributed by atoms with Crippen LogP contribution in [0.3, 0.4) is 0 Å². The zero-order valence-electron chi connectivity index (χ0n) is 17.9. The van der Waals surface area contributed by atoms with E-state index in [1.54, 1.807) is 6.92 Å². The van der Waals surface area contributed by atoms with Crippen molar-refractivity contribution < 1.29 is 28.8 Å². The molecule has 29 heavy (non-hydrogen) atoms. The first kappa shape index (κ1) is 21.7. The van der Waals surface area contributed by atoms with Gasteiger partial charge in [0.25, 0.3) is 0 Å². The fourth-order valence-electron chi connectivity index (χ4n) is 8.00. The van der Waals surface area contributed by atoms with E-state index in [-0.39, 0.29) is 22.5 Å². The van der Waals surface area contributed by atoms with Gasteiger partial charge in [-0.3, -0.25) is 9.32 Å². The van der Waals surface area contributed by atoms with Crippen LogP contribution in [0.25, 0.3) is 0 Å². The fourth-order valence-corrected chi connectivity index (χ4v) is 8.57. The van der Waals surface area contributed by atoms with E-state index in [2.05, 4.69) is 19.9 Å². The molecule has 8 atom stereocenters. The van der Waals surface area contributed by atoms with Crippen LogP contribution in [-0.4, -0.2) is 32.4 Å². The van der Waals surface area contributed by atoms with Crippen LogP contribution in [0.2, 0.25) is 0 Å². The molecule has 4 rings (SSSR count). The van der Waals surface area contributed by atoms with Crippen LogP contribution in [0.1, 0.15) is 72.6 Å². The highest BCUT2D eigenvalue weighted by molar-refractivity contribution is 7.46. The SMILES string of the molecule is CC(=O)[C@@]1(O)[C@H](C)C[C@@H]2[C@@H]3CC=C4C[C@@H](OP(=O)(O)O)CC[C@]4(C)[C@@H]3CC[C@@]21C. The molecule has 0 radical (unpaired) electrons. The number of carbonyl (C=O) groups is 1. The minimum absolute atomic E-state index is 0.0131. The minimum atomic E-state index is -4.47. The van der Waals surface area contributed by atoms with Gasteiger partial charge in [-0.1, -0.05) is 32.4 Å². The number of hydrogen-bond donors (Lipinski definition) is 3. The molecule has 0 spiro atoms. The van der Waals surface area contributed by atoms with E-state index in [9.17, 15) is 24.3 Å². The number of aliphatic hydroxyl groups is 1. The Morgan fingerprint density at radius 1 is 1.21 bits per heavy atom. The number of Topliss-reactive ketones (excluding diaryl/α,β-unsaturated/α-hetero) is 1. The molecular weight excluding hydrogens is 391 g/mol. The highest BCUT2D eigenvalue weighted by Crippen LogP contribution is 2.68. The first-order chi connectivity index (χ1) is 13.3. The lowest BCUT2D eigenvalue weighted by Gasteiger charge is -2.58. The summed E-state index contributed by atoms with van der Waals surface area (Å²) in [4.78, 5) is 30.9. The van der Waals surface area contributed by atoms with Crippen molar-refractivity contribution in [3.05, 3.63) is 11.6 Å². The van der Waals surface area contributed by atoms with E-state index in [1.807, 2.05) is 6.92 Å². The van der Waals surface area contributed by atoms with Gasteiger partial charge >= 0.3 is 7.82 Å². The summed E-state index contributed by atoms with van der Waals surface area (Å²) in [5.74, 6) is 1.13. The third kappa shape index (κ3) is 3.05. The standard InChI is InChI=1S/C22H35O6P/c1-13-11-19-17-6-5-15-12-16(28-29(25,26)27)7-9-20(15,3)18(17)8-10-21(19,4)22(13,24)14(2)23/h5,13,16-19,24H,6-12H2,1-4H3,(H2,25,26,27)/t13-,16+,17-,18-,19-,20+,21+,22+/m1/s1. The predicted molar refractivity (Wildman–Crippen MR) is 109 cm³/mol. The Hall–Kier alpha value is -0.520. The number of hydrogen-bond acceptors (Lipinski definition) is 4. The lowest BCUT2D eigenvalue weighted by molar-refractivity contribution is -0.165. The molecule has 3 N–H and O–H groups in total. The number of rotatable bonds is 3. The van der Waals surface area contributed by atoms with Crippen LogP contribution >= 0.6 is 7.82 Å². The molecule has 164 valence electrons. The van der Waals surface area contributed by atoms with Crippen molar-refractivity contribution in [2.45, 2.75) is 84.3 Å². The van der Waals surface area contributed by atoms with Gasteiger partial charge in [-0.2, -0.15) is 0 Å². The second-order valence-electron chi connectivity index (χ2n) is 10.6. The topological polar surface area (TPSA) is 104 Å². The Bertz CT molecular complexity index is 788. The van der Waals surface area contributed by atoms with Crippen molar-refractivity contribution in [3.63, 3.8) is 0 Å². The van der Waals surface area contributed by atoms with Crippen LogP contribution < -0.4 is 0 Å². The van der Waals surface area contributed by atoms with Gasteiger partial charge in [0, 0.05) is 5.41 Å². The number of phosphoric acid groups is 1. The molecule has 0 unspecified atom stereocenters. The van der Waals surface area contributed by atoms with Gasteiger partial charge in [0.15, 0.2) is 5.78 Å². The van der Waals surface area contributed by atoms with E-state index in [0.29, 0.717) is 30.6 Å². The van der Waals surface area contributed by atoms with Crippen LogP contribution in [0, 0.1) is 34.5 Å². The number of fused-ring (bicyclic) bond motifs is 5. The van der Waals surface area contributed by atoms with E-state index in [1.165, 1.54) is 5.57 Å². The summed E-state index contributed by atoms with van der Waals surface area (Å²) in [6.07, 6.45) is 7.59. The molecule has 0 bridgehead atoms. The lowest BCUT2D eigenvalue weighted by atomic mass is 9.46. The first-order valence-corrected chi connectivity index (χ1v) is 12.5. The average Bonchev–Trinajstić information content (AvgIpc) is 2.82. The minimum Gasteiger partial charge on any atom is -0.381 e. The normalized spacial score (nSPS) is 49.6. The zero-order chi connectivity index (χ0) is 21.4. The molecule has 3 saturated carbocycles. The fraction of sp³-hybridized carbons (Fsp3) is 0.864. The molecule has 0 heterocycles. The van der Waals surface area contributed by atoms with Gasteiger partial charge < -0.3 is 14.9 Å². The maximum Gasteiger partial charge on any atom is 0.469 e. The average molecular weight is 426 g/mol. The van der Waals surface area contributed by atoms with Crippen molar-refractivity contribution >= 4 is 13.6 Å². The van der Waals surface area contributed by atoms with Crippen LogP contribution in [-0.2, 0) is 13.9 Å². The molecule has 7 heteroatoms. The van der Waals surface area contributed by atoms with Crippen molar-refractivity contribution in [2.75, 3.05) is 0 Å². The van der Waals surface area contributed by atoms with Crippen molar-refractivity contribution in [3.8, 4) is 0 Å². The van der Waals surface area contributed by atoms with Crippen LogP contribution in [0.15, 0.2) is 11.6 Å². The molecular formula is C22H35O6P. The number of allylic oxidation sites excluding steroid dienone is 1. The van der Waals surface area contributed by atoms with Crippen molar-refractivity contribution in [1.29, 1.82) is 0 Å². The Balaban J connectivity index is 1.62. The molecule has 6 nitrogen and oxygen atoms in total. The van der Waals surface area contributed by atoms with E-state index in [4.69, 9.17) is 4.52 Å². The summed E-state index contributed by atoms with van der Waals surface area (Å²) in [6, 6.07) is 0. The summed E-state index contributed by atoms with van der Waals surface area (Å²) < 4.78 is 16.3. The number of ketones is 1. The zero-order valence-corrected chi connectivity index (χ0v) is 18.8. The number of carbonyl (C=O) groups excluding carboxylic acids is 1. The Morgan fingerprint density at radius 3 is 2.52 bits per heavy atom. The maximum absolute atomic E-state index is 12.5. The van der Waals surface area contributed by atoms with Crippen molar-refractivity contribution in [2.24, 2.45) is 34.5 Å². The second-order valence-corrected chi connectivity index (χ2v) is 11.8. The summed E-state index contributed by atoms with van der Waals surface area (Å²) in [6.45, 7) is 8.00. The molecule has 0 aromatic carbocycles. The first-order valence-electron chi connectivity index (χ1n) is 11.0. The number of phosphoric ester groups is 1. The highest BCUT2D eigenvalue weighted by atomic mass is 31.2. The summed E-state index contributed by atoms with van der Waals surface area (Å²) >= 11 is 0. The largest absolute Gasteiger partial charge is 0.469 e. The quantitative estimate of drug-likeness (QED) is 0.466. The Kier molecular flexibility index (Phi) is 5.04. The van der Waals surface area contributed by atoms with Gasteiger partial charge in [0.05, 0.1) is 6.10 Å². The second kappa shape index (κ2) is 6.74. The molecule has 4 aliphatic carbocycles. The van der Waals surface area contributed by atoms with E-state index in [0.717, 1.165) is 32.1 Å². The smallest absolute Gasteiger partial charge is 0.381 e. The Morgan fingerprint density at radius 2 is 1.90 bits per heavy atom. The summed E-state index contributed by atoms with van der Waals surface area (Å²) in [5.41, 5.74) is -0.316. The Labute approximate surface area is 173 Å². The van der Waals surface area contributed by atoms with Crippen LogP contribution in [0.4, 0.5) is 0 Å². The third-order valence-corrected chi connectivity index (χ3v) is 10.0.